The van der Waals surface area contributed by atoms with Crippen molar-refractivity contribution in [2.75, 3.05) is 13.1 Å². The minimum absolute atomic E-state index is 0.868. The molecule has 0 aliphatic rings. The molecule has 0 amide bonds. The molecule has 0 unspecified atom stereocenters. The third-order valence-electron chi connectivity index (χ3n) is 5.59. The molecule has 2 heteroatoms. The number of quaternary nitrogens is 1. The molecule has 2 nitrogen and oxygen atoms in total. The third kappa shape index (κ3) is 17.0. The van der Waals surface area contributed by atoms with E-state index in [9.17, 15) is 0 Å². The number of hydrogen-bond acceptors (Lipinski definition) is 1. The summed E-state index contributed by atoms with van der Waals surface area (Å²) in [6.45, 7) is 3.28. The predicted molar refractivity (Wildman–Crippen MR) is 120 cm³/mol. The first-order chi connectivity index (χ1) is 13.4. The minimum atomic E-state index is 0.868. The van der Waals surface area contributed by atoms with Gasteiger partial charge in [-0.05, 0) is 25.8 Å². The quantitative estimate of drug-likeness (QED) is 0.272. The van der Waals surface area contributed by atoms with Gasteiger partial charge in [-0.25, -0.2) is 0 Å². The van der Waals surface area contributed by atoms with Gasteiger partial charge in [0.2, 0.25) is 0 Å². The molecule has 27 heavy (non-hydrogen) atoms. The summed E-state index contributed by atoms with van der Waals surface area (Å²) >= 11 is 0. The average molecular weight is 376 g/mol. The highest BCUT2D eigenvalue weighted by Gasteiger charge is 1.96. The fraction of sp³-hybridized carbons (Fsp3) is 0.760. The average Bonchev–Trinajstić information content (AvgIpc) is 2.70. The minimum Gasteiger partial charge on any atom is -0.343 e. The molecule has 0 bridgehead atoms. The van der Waals surface area contributed by atoms with E-state index in [1.807, 2.05) is 0 Å². The fourth-order valence-corrected chi connectivity index (χ4v) is 3.79. The maximum Gasteiger partial charge on any atom is 0.101 e. The molecule has 4 N–H and O–H groups in total. The molecule has 0 saturated heterocycles. The van der Waals surface area contributed by atoms with E-state index in [0.717, 1.165) is 13.1 Å². The first-order valence-corrected chi connectivity index (χ1v) is 12.0. The Morgan fingerprint density at radius 1 is 0.519 bits per heavy atom. The summed E-state index contributed by atoms with van der Waals surface area (Å²) in [6, 6.07) is 10.8. The van der Waals surface area contributed by atoms with Gasteiger partial charge in [0.25, 0.3) is 0 Å². The lowest BCUT2D eigenvalue weighted by molar-refractivity contribution is -0.671. The van der Waals surface area contributed by atoms with Crippen molar-refractivity contribution in [2.45, 2.75) is 109 Å². The van der Waals surface area contributed by atoms with Crippen LogP contribution >= 0.6 is 0 Å². The van der Waals surface area contributed by atoms with Crippen molar-refractivity contribution in [1.82, 2.24) is 0 Å². The molecule has 0 aliphatic heterocycles. The van der Waals surface area contributed by atoms with Gasteiger partial charge >= 0.3 is 0 Å². The van der Waals surface area contributed by atoms with Gasteiger partial charge in [0.15, 0.2) is 0 Å². The van der Waals surface area contributed by atoms with Crippen LogP contribution in [0.3, 0.4) is 0 Å². The van der Waals surface area contributed by atoms with Crippen LogP contribution in [0.5, 0.6) is 0 Å². The highest BCUT2D eigenvalue weighted by atomic mass is 14.8. The lowest BCUT2D eigenvalue weighted by Crippen LogP contribution is -2.82. The van der Waals surface area contributed by atoms with Gasteiger partial charge in [0, 0.05) is 5.56 Å². The zero-order valence-electron chi connectivity index (χ0n) is 18.0. The van der Waals surface area contributed by atoms with Crippen molar-refractivity contribution >= 4 is 0 Å². The topological polar surface area (TPSA) is 42.6 Å². The summed E-state index contributed by atoms with van der Waals surface area (Å²) in [5.41, 5.74) is 6.96. The van der Waals surface area contributed by atoms with Crippen LogP contribution in [0, 0.1) is 0 Å². The normalized spacial score (nSPS) is 11.1. The molecule has 0 radical (unpaired) electrons. The van der Waals surface area contributed by atoms with Gasteiger partial charge in [-0.2, -0.15) is 0 Å². The van der Waals surface area contributed by atoms with Crippen LogP contribution in [0.1, 0.15) is 108 Å². The summed E-state index contributed by atoms with van der Waals surface area (Å²) in [5.74, 6) is 0. The second kappa shape index (κ2) is 19.9. The molecular formula is C25H47N2+. The van der Waals surface area contributed by atoms with Crippen molar-refractivity contribution < 1.29 is 5.32 Å². The molecule has 1 aromatic rings. The largest absolute Gasteiger partial charge is 0.343 e. The molecule has 1 rings (SSSR count). The van der Waals surface area contributed by atoms with Gasteiger partial charge in [0.05, 0.1) is 6.54 Å². The molecule has 0 fully saturated rings. The Balaban J connectivity index is 1.67. The van der Waals surface area contributed by atoms with Crippen LogP contribution < -0.4 is 11.1 Å². The van der Waals surface area contributed by atoms with Crippen LogP contribution in [-0.4, -0.2) is 13.1 Å². The lowest BCUT2D eigenvalue weighted by Gasteiger charge is -2.04. The zero-order valence-corrected chi connectivity index (χ0v) is 18.0. The van der Waals surface area contributed by atoms with Gasteiger partial charge in [-0.3, -0.25) is 0 Å². The van der Waals surface area contributed by atoms with E-state index in [1.54, 1.807) is 0 Å². The Kier molecular flexibility index (Phi) is 17.8. The first kappa shape index (κ1) is 24.2. The van der Waals surface area contributed by atoms with Crippen LogP contribution in [0.15, 0.2) is 30.3 Å². The summed E-state index contributed by atoms with van der Waals surface area (Å²) in [4.78, 5) is 0. The maximum atomic E-state index is 5.52. The summed E-state index contributed by atoms with van der Waals surface area (Å²) in [7, 11) is 0. The highest BCUT2D eigenvalue weighted by molar-refractivity contribution is 5.12. The molecule has 0 heterocycles. The predicted octanol–water partition coefficient (Wildman–Crippen LogP) is 5.95. The third-order valence-corrected chi connectivity index (χ3v) is 5.59. The Bertz CT molecular complexity index is 391. The standard InChI is InChI=1S/C25H46N2/c26-22-18-13-11-9-7-5-3-1-2-4-6-8-10-12-14-19-23-27-24-25-20-16-15-17-21-25/h15-17,20-21,27H,1-14,18-19,22-24,26H2/p+1. The molecule has 0 spiro atoms. The van der Waals surface area contributed by atoms with Crippen molar-refractivity contribution in [3.63, 3.8) is 0 Å². The van der Waals surface area contributed by atoms with Crippen molar-refractivity contribution in [3.05, 3.63) is 35.9 Å². The first-order valence-electron chi connectivity index (χ1n) is 12.0. The smallest absolute Gasteiger partial charge is 0.101 e. The summed E-state index contributed by atoms with van der Waals surface area (Å²) < 4.78 is 0. The fourth-order valence-electron chi connectivity index (χ4n) is 3.79. The van der Waals surface area contributed by atoms with Gasteiger partial charge in [-0.15, -0.1) is 0 Å². The molecule has 1 aromatic carbocycles. The van der Waals surface area contributed by atoms with Gasteiger partial charge in [0.1, 0.15) is 6.54 Å². The van der Waals surface area contributed by atoms with Crippen LogP contribution in [0.4, 0.5) is 0 Å². The Morgan fingerprint density at radius 2 is 0.926 bits per heavy atom. The molecule has 0 saturated carbocycles. The number of benzene rings is 1. The second-order valence-electron chi connectivity index (χ2n) is 8.21. The van der Waals surface area contributed by atoms with Crippen LogP contribution in [0.2, 0.25) is 0 Å². The van der Waals surface area contributed by atoms with E-state index in [2.05, 4.69) is 35.6 Å². The maximum absolute atomic E-state index is 5.52. The lowest BCUT2D eigenvalue weighted by atomic mass is 10.0. The molecule has 0 aromatic heterocycles. The van der Waals surface area contributed by atoms with Gasteiger partial charge in [-0.1, -0.05) is 114 Å². The van der Waals surface area contributed by atoms with Crippen molar-refractivity contribution in [1.29, 1.82) is 0 Å². The van der Waals surface area contributed by atoms with Gasteiger partial charge < -0.3 is 11.1 Å². The van der Waals surface area contributed by atoms with E-state index in [1.165, 1.54) is 115 Å². The van der Waals surface area contributed by atoms with Crippen LogP contribution in [0.25, 0.3) is 0 Å². The number of hydrogen-bond donors (Lipinski definition) is 2. The number of nitrogens with two attached hydrogens (primary N) is 2. The Labute approximate surface area is 169 Å². The number of unbranched alkanes of at least 4 members (excludes halogenated alkanes) is 15. The molecule has 0 atom stereocenters. The highest BCUT2D eigenvalue weighted by Crippen LogP contribution is 2.13. The summed E-state index contributed by atoms with van der Waals surface area (Å²) in [5, 5.41) is 2.45. The monoisotopic (exact) mass is 375 g/mol. The Hall–Kier alpha value is -0.860. The Morgan fingerprint density at radius 3 is 1.37 bits per heavy atom. The second-order valence-corrected chi connectivity index (χ2v) is 8.21. The van der Waals surface area contributed by atoms with Crippen LogP contribution in [-0.2, 0) is 6.54 Å². The molecule has 156 valence electrons. The van der Waals surface area contributed by atoms with Crippen molar-refractivity contribution in [3.8, 4) is 0 Å². The van der Waals surface area contributed by atoms with E-state index in [4.69, 9.17) is 5.73 Å². The summed E-state index contributed by atoms with van der Waals surface area (Å²) in [6.07, 6.45) is 22.7. The number of rotatable bonds is 20. The molecular weight excluding hydrogens is 328 g/mol. The van der Waals surface area contributed by atoms with E-state index in [-0.39, 0.29) is 0 Å². The zero-order chi connectivity index (χ0) is 19.3. The van der Waals surface area contributed by atoms with E-state index < -0.39 is 0 Å². The van der Waals surface area contributed by atoms with E-state index >= 15 is 0 Å². The molecule has 0 aliphatic carbocycles. The SMILES string of the molecule is NCCCCCCCCCCCCCCCCCC[NH2+]Cc1ccccc1. The van der Waals surface area contributed by atoms with Crippen molar-refractivity contribution in [2.24, 2.45) is 5.73 Å². The van der Waals surface area contributed by atoms with E-state index in [0.29, 0.717) is 0 Å².